The van der Waals surface area contributed by atoms with E-state index in [2.05, 4.69) is 0 Å². The molecule has 1 atom stereocenters. The first kappa shape index (κ1) is 17.2. The lowest BCUT2D eigenvalue weighted by atomic mass is 10.0. The molecule has 0 radical (unpaired) electrons. The molecule has 2 aromatic rings. The van der Waals surface area contributed by atoms with Gasteiger partial charge in [-0.2, -0.15) is 0 Å². The van der Waals surface area contributed by atoms with Gasteiger partial charge in [-0.3, -0.25) is 9.59 Å². The van der Waals surface area contributed by atoms with Gasteiger partial charge in [0.15, 0.2) is 0 Å². The predicted molar refractivity (Wildman–Crippen MR) is 96.9 cm³/mol. The smallest absolute Gasteiger partial charge is 0.253 e. The van der Waals surface area contributed by atoms with E-state index in [1.807, 2.05) is 60.7 Å². The summed E-state index contributed by atoms with van der Waals surface area (Å²) in [4.78, 5) is 28.5. The third-order valence-corrected chi connectivity index (χ3v) is 4.56. The molecule has 0 aromatic heterocycles. The Balaban J connectivity index is 1.52. The molecule has 130 valence electrons. The molecular formula is C20H23N3O2. The number of hydrogen-bond acceptors (Lipinski definition) is 3. The van der Waals surface area contributed by atoms with Gasteiger partial charge in [0.25, 0.3) is 5.91 Å². The molecule has 25 heavy (non-hydrogen) atoms. The molecule has 2 N–H and O–H groups in total. The van der Waals surface area contributed by atoms with Crippen LogP contribution < -0.4 is 5.73 Å². The number of hydrogen-bond donors (Lipinski definition) is 1. The van der Waals surface area contributed by atoms with Crippen LogP contribution in [0.5, 0.6) is 0 Å². The second kappa shape index (κ2) is 7.94. The minimum absolute atomic E-state index is 0.0219. The zero-order valence-corrected chi connectivity index (χ0v) is 14.2. The van der Waals surface area contributed by atoms with Crippen LogP contribution in [0, 0.1) is 0 Å². The van der Waals surface area contributed by atoms with Gasteiger partial charge in [0.2, 0.25) is 5.91 Å². The first-order valence-corrected chi connectivity index (χ1v) is 8.58. The zero-order chi connectivity index (χ0) is 17.6. The molecule has 0 spiro atoms. The van der Waals surface area contributed by atoms with E-state index >= 15 is 0 Å². The Morgan fingerprint density at radius 2 is 1.36 bits per heavy atom. The predicted octanol–water partition coefficient (Wildman–Crippen LogP) is 2.06. The van der Waals surface area contributed by atoms with E-state index in [9.17, 15) is 9.59 Å². The molecule has 0 bridgehead atoms. The van der Waals surface area contributed by atoms with Crippen LogP contribution in [0.4, 0.5) is 0 Å². The number of nitrogens with zero attached hydrogens (tertiary/aromatic N) is 2. The highest BCUT2D eigenvalue weighted by molar-refractivity contribution is 5.94. The van der Waals surface area contributed by atoms with Crippen LogP contribution in [0.2, 0.25) is 0 Å². The summed E-state index contributed by atoms with van der Waals surface area (Å²) in [5, 5.41) is 0. The Morgan fingerprint density at radius 1 is 0.840 bits per heavy atom. The SMILES string of the molecule is N[C@@H](CC(=O)N1CCN(C(=O)c2ccccc2)CC1)c1ccccc1. The Hall–Kier alpha value is -2.66. The van der Waals surface area contributed by atoms with Gasteiger partial charge in [-0.1, -0.05) is 48.5 Å². The van der Waals surface area contributed by atoms with Crippen molar-refractivity contribution in [1.29, 1.82) is 0 Å². The monoisotopic (exact) mass is 337 g/mol. The number of amides is 2. The Kier molecular flexibility index (Phi) is 5.46. The number of carbonyl (C=O) groups excluding carboxylic acids is 2. The third kappa shape index (κ3) is 4.25. The zero-order valence-electron chi connectivity index (χ0n) is 14.2. The molecule has 1 saturated heterocycles. The van der Waals surface area contributed by atoms with E-state index in [1.54, 1.807) is 9.80 Å². The summed E-state index contributed by atoms with van der Waals surface area (Å²) in [6.07, 6.45) is 0.288. The fraction of sp³-hybridized carbons (Fsp3) is 0.300. The van der Waals surface area contributed by atoms with Crippen molar-refractivity contribution in [1.82, 2.24) is 9.80 Å². The summed E-state index contributed by atoms with van der Waals surface area (Å²) in [6.45, 7) is 2.22. The standard InChI is InChI=1S/C20H23N3O2/c21-18(16-7-3-1-4-8-16)15-19(24)22-11-13-23(14-12-22)20(25)17-9-5-2-6-10-17/h1-10,18H,11-15,21H2/t18-/m0/s1. The number of piperazine rings is 1. The Labute approximate surface area is 148 Å². The van der Waals surface area contributed by atoms with Crippen LogP contribution in [-0.2, 0) is 4.79 Å². The largest absolute Gasteiger partial charge is 0.339 e. The van der Waals surface area contributed by atoms with Crippen molar-refractivity contribution in [3.63, 3.8) is 0 Å². The van der Waals surface area contributed by atoms with E-state index in [1.165, 1.54) is 0 Å². The van der Waals surface area contributed by atoms with Gasteiger partial charge in [-0.05, 0) is 17.7 Å². The van der Waals surface area contributed by atoms with Gasteiger partial charge in [0.1, 0.15) is 0 Å². The fourth-order valence-corrected chi connectivity index (χ4v) is 3.06. The lowest BCUT2D eigenvalue weighted by Crippen LogP contribution is -2.51. The van der Waals surface area contributed by atoms with E-state index < -0.39 is 0 Å². The van der Waals surface area contributed by atoms with Gasteiger partial charge in [0.05, 0.1) is 0 Å². The summed E-state index contributed by atoms with van der Waals surface area (Å²) >= 11 is 0. The molecule has 1 heterocycles. The van der Waals surface area contributed by atoms with Crippen molar-refractivity contribution in [2.24, 2.45) is 5.73 Å². The van der Waals surface area contributed by atoms with Crippen LogP contribution in [0.1, 0.15) is 28.4 Å². The molecule has 5 heteroatoms. The molecule has 5 nitrogen and oxygen atoms in total. The Morgan fingerprint density at radius 3 is 1.96 bits per heavy atom. The van der Waals surface area contributed by atoms with Crippen LogP contribution in [0.3, 0.4) is 0 Å². The van der Waals surface area contributed by atoms with E-state index in [4.69, 9.17) is 5.73 Å². The molecule has 0 saturated carbocycles. The number of benzene rings is 2. The molecule has 1 aliphatic rings. The van der Waals surface area contributed by atoms with Crippen molar-refractivity contribution in [2.75, 3.05) is 26.2 Å². The summed E-state index contributed by atoms with van der Waals surface area (Å²) in [7, 11) is 0. The van der Waals surface area contributed by atoms with Crippen LogP contribution in [0.15, 0.2) is 60.7 Å². The second-order valence-corrected chi connectivity index (χ2v) is 6.26. The minimum atomic E-state index is -0.294. The summed E-state index contributed by atoms with van der Waals surface area (Å²) in [5.41, 5.74) is 7.80. The van der Waals surface area contributed by atoms with Gasteiger partial charge in [-0.25, -0.2) is 0 Å². The maximum atomic E-state index is 12.5. The molecule has 3 rings (SSSR count). The van der Waals surface area contributed by atoms with Crippen LogP contribution >= 0.6 is 0 Å². The molecule has 2 amide bonds. The maximum absolute atomic E-state index is 12.5. The van der Waals surface area contributed by atoms with Crippen molar-refractivity contribution in [3.8, 4) is 0 Å². The van der Waals surface area contributed by atoms with Gasteiger partial charge >= 0.3 is 0 Å². The first-order valence-electron chi connectivity index (χ1n) is 8.58. The molecule has 1 aliphatic heterocycles. The fourth-order valence-electron chi connectivity index (χ4n) is 3.06. The van der Waals surface area contributed by atoms with Crippen molar-refractivity contribution < 1.29 is 9.59 Å². The molecule has 1 fully saturated rings. The van der Waals surface area contributed by atoms with Gasteiger partial charge in [-0.15, -0.1) is 0 Å². The summed E-state index contributed by atoms with van der Waals surface area (Å²) in [6, 6.07) is 18.6. The maximum Gasteiger partial charge on any atom is 0.253 e. The van der Waals surface area contributed by atoms with Crippen molar-refractivity contribution in [2.45, 2.75) is 12.5 Å². The lowest BCUT2D eigenvalue weighted by molar-refractivity contribution is -0.133. The quantitative estimate of drug-likeness (QED) is 0.929. The molecule has 2 aromatic carbocycles. The average molecular weight is 337 g/mol. The highest BCUT2D eigenvalue weighted by Gasteiger charge is 2.25. The number of nitrogens with two attached hydrogens (primary N) is 1. The van der Waals surface area contributed by atoms with E-state index in [-0.39, 0.29) is 24.3 Å². The third-order valence-electron chi connectivity index (χ3n) is 4.56. The van der Waals surface area contributed by atoms with Crippen LogP contribution in [-0.4, -0.2) is 47.8 Å². The number of carbonyl (C=O) groups is 2. The minimum Gasteiger partial charge on any atom is -0.339 e. The van der Waals surface area contributed by atoms with Crippen molar-refractivity contribution >= 4 is 11.8 Å². The summed E-state index contributed by atoms with van der Waals surface area (Å²) < 4.78 is 0. The molecular weight excluding hydrogens is 314 g/mol. The topological polar surface area (TPSA) is 66.6 Å². The highest BCUT2D eigenvalue weighted by atomic mass is 16.2. The average Bonchev–Trinajstić information content (AvgIpc) is 2.69. The first-order chi connectivity index (χ1) is 12.1. The van der Waals surface area contributed by atoms with E-state index in [0.29, 0.717) is 31.7 Å². The Bertz CT molecular complexity index is 710. The van der Waals surface area contributed by atoms with Crippen molar-refractivity contribution in [3.05, 3.63) is 71.8 Å². The van der Waals surface area contributed by atoms with E-state index in [0.717, 1.165) is 5.56 Å². The van der Waals surface area contributed by atoms with Crippen LogP contribution in [0.25, 0.3) is 0 Å². The lowest BCUT2D eigenvalue weighted by Gasteiger charge is -2.35. The molecule has 0 unspecified atom stereocenters. The second-order valence-electron chi connectivity index (χ2n) is 6.26. The van der Waals surface area contributed by atoms with Gasteiger partial charge in [0, 0.05) is 44.2 Å². The summed E-state index contributed by atoms with van der Waals surface area (Å²) in [5.74, 6) is 0.0665. The number of rotatable bonds is 4. The molecule has 0 aliphatic carbocycles. The normalized spacial score (nSPS) is 15.7. The highest BCUT2D eigenvalue weighted by Crippen LogP contribution is 2.16. The van der Waals surface area contributed by atoms with Gasteiger partial charge < -0.3 is 15.5 Å².